The smallest absolute Gasteiger partial charge is 0.339 e. The molecule has 2 heterocycles. The summed E-state index contributed by atoms with van der Waals surface area (Å²) in [6, 6.07) is 5.51. The van der Waals surface area contributed by atoms with Gasteiger partial charge in [0.2, 0.25) is 0 Å². The molecule has 1 atom stereocenters. The van der Waals surface area contributed by atoms with E-state index in [1.807, 2.05) is 18.2 Å². The molecule has 0 aromatic heterocycles. The van der Waals surface area contributed by atoms with Crippen molar-refractivity contribution in [2.24, 2.45) is 10.4 Å². The van der Waals surface area contributed by atoms with Crippen LogP contribution in [0, 0.1) is 5.41 Å². The second-order valence-electron chi connectivity index (χ2n) is 7.89. The standard InChI is InChI=1S/C21H25ClIN3O3/c1-13-9-15(19(27)28)18(24-11-14-3-4-17(29-2)16(22)10-14)25-20(23-13)26-8-7-21(12-26)5-6-21/h3-4,9-10,13H,5-8,11-12H2,1-2H3,(H,24,25)(H,27,28)/t13-/m0/s1. The fraction of sp³-hybridized carbons (Fsp3) is 0.476. The molecule has 0 bridgehead atoms. The number of halogens is 2. The Morgan fingerprint density at radius 3 is 2.86 bits per heavy atom. The van der Waals surface area contributed by atoms with Crippen LogP contribution in [0.5, 0.6) is 5.75 Å². The number of carbonyl (C=O) groups is 1. The number of ether oxygens (including phenoxy) is 1. The number of nitrogens with zero attached hydrogens (tertiary/aromatic N) is 2. The van der Waals surface area contributed by atoms with E-state index in [2.05, 4.69) is 22.1 Å². The summed E-state index contributed by atoms with van der Waals surface area (Å²) >= 11 is 5.86. The number of carboxylic acids is 1. The third kappa shape index (κ3) is 4.67. The quantitative estimate of drug-likeness (QED) is 0.448. The number of rotatable bonds is 5. The summed E-state index contributed by atoms with van der Waals surface area (Å²) in [6.07, 6.45) is 5.75. The zero-order valence-electron chi connectivity index (χ0n) is 16.5. The summed E-state index contributed by atoms with van der Waals surface area (Å²) in [4.78, 5) is 19.0. The van der Waals surface area contributed by atoms with Crippen molar-refractivity contribution in [1.82, 2.24) is 10.2 Å². The number of hydrogen-bond acceptors (Lipinski definition) is 4. The molecule has 2 fully saturated rings. The van der Waals surface area contributed by atoms with Gasteiger partial charge in [0, 0.05) is 17.0 Å². The third-order valence-electron chi connectivity index (χ3n) is 5.69. The fourth-order valence-corrected chi connectivity index (χ4v) is 6.77. The Labute approximate surface area is 185 Å². The lowest BCUT2D eigenvalue weighted by atomic mass is 10.1. The van der Waals surface area contributed by atoms with E-state index in [9.17, 15) is 9.90 Å². The lowest BCUT2D eigenvalue weighted by Gasteiger charge is -2.21. The molecular weight excluding hydrogens is 505 g/mol. The molecular formula is C21H25ClIN3O3. The van der Waals surface area contributed by atoms with Gasteiger partial charge in [0.05, 0.1) is 24.3 Å². The highest BCUT2D eigenvalue weighted by atomic mass is 127. The Hall–Kier alpha value is -1.45. The number of nitrogens with one attached hydrogen (secondary N) is 1. The number of amidine groups is 1. The molecule has 156 valence electrons. The summed E-state index contributed by atoms with van der Waals surface area (Å²) in [6.45, 7) is 4.59. The predicted molar refractivity (Wildman–Crippen MR) is 124 cm³/mol. The summed E-state index contributed by atoms with van der Waals surface area (Å²) in [5, 5.41) is 13.7. The number of allylic oxidation sites excluding steroid dienone is 1. The number of aliphatic imine (C=N–C) groups is 1. The van der Waals surface area contributed by atoms with Crippen LogP contribution in [0.15, 0.2) is 34.8 Å². The molecule has 1 aromatic carbocycles. The van der Waals surface area contributed by atoms with E-state index >= 15 is 0 Å². The largest absolute Gasteiger partial charge is 0.495 e. The van der Waals surface area contributed by atoms with Crippen LogP contribution in [0.4, 0.5) is 0 Å². The van der Waals surface area contributed by atoms with Crippen LogP contribution >= 0.6 is 32.3 Å². The zero-order chi connectivity index (χ0) is 20.6. The fourth-order valence-electron chi connectivity index (χ4n) is 3.81. The number of carboxylic acid groups (broad SMARTS) is 1. The maximum Gasteiger partial charge on any atom is 0.339 e. The molecule has 1 aliphatic carbocycles. The van der Waals surface area contributed by atoms with E-state index < -0.39 is 5.97 Å². The van der Waals surface area contributed by atoms with Crippen molar-refractivity contribution in [2.75, 3.05) is 20.2 Å². The van der Waals surface area contributed by atoms with Gasteiger partial charge in [0.25, 0.3) is 0 Å². The van der Waals surface area contributed by atoms with Gasteiger partial charge in [-0.15, -0.1) is 0 Å². The lowest BCUT2D eigenvalue weighted by Crippen LogP contribution is -2.43. The van der Waals surface area contributed by atoms with E-state index in [-0.39, 0.29) is 30.2 Å². The molecule has 1 saturated heterocycles. The van der Waals surface area contributed by atoms with Gasteiger partial charge in [-0.25, -0.2) is 4.79 Å². The van der Waals surface area contributed by atoms with Crippen LogP contribution < -0.4 is 10.1 Å². The van der Waals surface area contributed by atoms with Crippen molar-refractivity contribution < 1.29 is 14.6 Å². The van der Waals surface area contributed by atoms with Gasteiger partial charge < -0.3 is 15.2 Å². The van der Waals surface area contributed by atoms with E-state index in [1.165, 1.54) is 23.0 Å². The normalized spacial score (nSPS) is 24.9. The summed E-state index contributed by atoms with van der Waals surface area (Å²) in [5.41, 5.74) is 1.68. The number of methoxy groups -OCH3 is 1. The number of benzene rings is 1. The monoisotopic (exact) mass is 529 g/mol. The van der Waals surface area contributed by atoms with Crippen molar-refractivity contribution in [3.8, 4) is 5.75 Å². The number of likely N-dealkylation sites (tertiary alicyclic amines) is 1. The summed E-state index contributed by atoms with van der Waals surface area (Å²) in [5.74, 6) is 0.112. The third-order valence-corrected chi connectivity index (χ3v) is 8.87. The molecule has 2 N–H and O–H groups in total. The van der Waals surface area contributed by atoms with Gasteiger partial charge in [0.1, 0.15) is 15.3 Å². The predicted octanol–water partition coefficient (Wildman–Crippen LogP) is 3.79. The molecule has 0 unspecified atom stereocenters. The minimum atomic E-state index is -0.943. The lowest BCUT2D eigenvalue weighted by molar-refractivity contribution is -0.132. The van der Waals surface area contributed by atoms with Gasteiger partial charge in [-0.1, -0.05) is 51.4 Å². The van der Waals surface area contributed by atoms with Crippen molar-refractivity contribution >= 4 is 47.9 Å². The Morgan fingerprint density at radius 2 is 2.24 bits per heavy atom. The minimum Gasteiger partial charge on any atom is -0.495 e. The molecule has 3 aliphatic rings. The van der Waals surface area contributed by atoms with E-state index in [0.717, 1.165) is 18.7 Å². The molecule has 6 nitrogen and oxygen atoms in total. The molecule has 1 aromatic rings. The van der Waals surface area contributed by atoms with Crippen molar-refractivity contribution in [1.29, 1.82) is 0 Å². The average Bonchev–Trinajstić information content (AvgIpc) is 3.35. The van der Waals surface area contributed by atoms with Crippen LogP contribution in [0.2, 0.25) is 5.02 Å². The van der Waals surface area contributed by atoms with Gasteiger partial charge in [-0.05, 0) is 42.4 Å². The number of alkyl halides is 1. The average molecular weight is 530 g/mol. The molecule has 1 saturated carbocycles. The van der Waals surface area contributed by atoms with Gasteiger partial charge in [-0.2, -0.15) is 0 Å². The maximum atomic E-state index is 11.9. The Bertz CT molecular complexity index is 924. The van der Waals surface area contributed by atoms with Crippen LogP contribution in [-0.4, -0.2) is 49.7 Å². The zero-order valence-corrected chi connectivity index (χ0v) is 19.5. The molecule has 0 radical (unpaired) electrons. The highest BCUT2D eigenvalue weighted by Gasteiger charge is 2.48. The first-order valence-corrected chi connectivity index (χ1v) is 12.4. The van der Waals surface area contributed by atoms with Gasteiger partial charge in [0.15, 0.2) is 0 Å². The topological polar surface area (TPSA) is 74.2 Å². The van der Waals surface area contributed by atoms with Crippen LogP contribution in [0.1, 0.15) is 31.7 Å². The minimum absolute atomic E-state index is 0.237. The maximum absolute atomic E-state index is 11.9. The van der Waals surface area contributed by atoms with E-state index in [1.54, 1.807) is 13.2 Å². The first-order chi connectivity index (χ1) is 13.9. The first kappa shape index (κ1) is 20.8. The molecule has 2 aliphatic heterocycles. The van der Waals surface area contributed by atoms with Crippen molar-refractivity contribution in [3.63, 3.8) is 0 Å². The second kappa shape index (κ2) is 8.35. The van der Waals surface area contributed by atoms with Crippen LogP contribution in [0.25, 0.3) is 0 Å². The highest BCUT2D eigenvalue weighted by molar-refractivity contribution is 14.2. The van der Waals surface area contributed by atoms with E-state index in [4.69, 9.17) is 16.3 Å². The Kier molecular flexibility index (Phi) is 5.99. The van der Waals surface area contributed by atoms with E-state index in [0.29, 0.717) is 28.6 Å². The van der Waals surface area contributed by atoms with Crippen molar-refractivity contribution in [2.45, 2.75) is 36.7 Å². The molecule has 1 spiro atoms. The van der Waals surface area contributed by atoms with Crippen LogP contribution in [-0.2, 0) is 11.3 Å². The molecule has 29 heavy (non-hydrogen) atoms. The Morgan fingerprint density at radius 1 is 1.45 bits per heavy atom. The summed E-state index contributed by atoms with van der Waals surface area (Å²) in [7, 11) is 1.58. The first-order valence-electron chi connectivity index (χ1n) is 9.74. The number of hydrogen-bond donors (Lipinski definition) is 2. The summed E-state index contributed by atoms with van der Waals surface area (Å²) < 4.78 is 6.62. The second-order valence-corrected chi connectivity index (χ2v) is 11.9. The Balaban J connectivity index is 1.58. The van der Waals surface area contributed by atoms with Gasteiger partial charge in [-0.3, -0.25) is 9.89 Å². The van der Waals surface area contributed by atoms with Crippen LogP contribution in [0.3, 0.4) is 0 Å². The highest BCUT2D eigenvalue weighted by Crippen LogP contribution is 2.52. The number of aliphatic carboxylic acids is 1. The van der Waals surface area contributed by atoms with Crippen molar-refractivity contribution in [3.05, 3.63) is 40.4 Å². The molecule has 4 rings (SSSR count). The molecule has 8 heteroatoms. The SMILES string of the molecule is COc1ccc(CN=C2NC(N3CCC4(CC4)C3)=I[C@@H](C)C=C2C(=O)O)cc1Cl. The van der Waals surface area contributed by atoms with Gasteiger partial charge >= 0.3 is 5.97 Å². The molecule has 0 amide bonds.